The average Bonchev–Trinajstić information content (AvgIpc) is 3.03. The second-order valence-electron chi connectivity index (χ2n) is 7.34. The highest BCUT2D eigenvalue weighted by molar-refractivity contribution is 8.04. The number of rotatable bonds is 7. The predicted octanol–water partition coefficient (Wildman–Crippen LogP) is 6.76. The van der Waals surface area contributed by atoms with Gasteiger partial charge in [-0.15, -0.1) is 0 Å². The van der Waals surface area contributed by atoms with Gasteiger partial charge in [-0.05, 0) is 60.4 Å². The molecule has 0 aromatic heterocycles. The lowest BCUT2D eigenvalue weighted by molar-refractivity contribution is -0.119. The molecule has 0 radical (unpaired) electrons. The minimum atomic E-state index is -0.313. The summed E-state index contributed by atoms with van der Waals surface area (Å²) in [5.74, 6) is -0.614. The lowest BCUT2D eigenvalue weighted by Crippen LogP contribution is -2.31. The van der Waals surface area contributed by atoms with Crippen LogP contribution in [-0.4, -0.2) is 11.8 Å². The molecule has 0 fully saturated rings. The fourth-order valence-electron chi connectivity index (χ4n) is 3.51. The van der Waals surface area contributed by atoms with Gasteiger partial charge < -0.3 is 0 Å². The number of carbonyl (C=O) groups excluding carboxylic acids is 2. The van der Waals surface area contributed by atoms with Gasteiger partial charge in [-0.3, -0.25) is 9.59 Å². The molecule has 1 aliphatic heterocycles. The molecule has 0 spiro atoms. The summed E-state index contributed by atoms with van der Waals surface area (Å²) in [5, 5.41) is 0.581. The number of thioether (sulfide) groups is 1. The number of hydrogen-bond donors (Lipinski definition) is 0. The third kappa shape index (κ3) is 4.60. The number of benzene rings is 3. The molecule has 0 N–H and O–H groups in total. The van der Waals surface area contributed by atoms with Gasteiger partial charge in [0.25, 0.3) is 11.8 Å². The Morgan fingerprint density at radius 1 is 0.839 bits per heavy atom. The van der Waals surface area contributed by atoms with Crippen LogP contribution in [0.15, 0.2) is 88.7 Å². The monoisotopic (exact) mass is 447 g/mol. The molecular weight excluding hydrogens is 426 g/mol. The van der Waals surface area contributed by atoms with Gasteiger partial charge in [0.1, 0.15) is 0 Å². The zero-order chi connectivity index (χ0) is 21.8. The van der Waals surface area contributed by atoms with E-state index in [1.807, 2.05) is 54.6 Å². The average molecular weight is 448 g/mol. The smallest absolute Gasteiger partial charge is 0.268 e. The van der Waals surface area contributed by atoms with Gasteiger partial charge >= 0.3 is 0 Å². The first-order chi connectivity index (χ1) is 15.1. The van der Waals surface area contributed by atoms with Crippen LogP contribution in [0.25, 0.3) is 5.57 Å². The zero-order valence-electron chi connectivity index (χ0n) is 17.2. The van der Waals surface area contributed by atoms with Crippen molar-refractivity contribution in [1.29, 1.82) is 0 Å². The highest BCUT2D eigenvalue weighted by atomic mass is 35.5. The third-order valence-electron chi connectivity index (χ3n) is 5.15. The van der Waals surface area contributed by atoms with Gasteiger partial charge in [-0.2, -0.15) is 0 Å². The van der Waals surface area contributed by atoms with E-state index in [0.29, 0.717) is 26.8 Å². The molecule has 0 saturated heterocycles. The highest BCUT2D eigenvalue weighted by Gasteiger charge is 2.40. The first-order valence-electron chi connectivity index (χ1n) is 10.3. The molecule has 0 bridgehead atoms. The molecule has 3 nitrogen and oxygen atoms in total. The van der Waals surface area contributed by atoms with E-state index < -0.39 is 0 Å². The van der Waals surface area contributed by atoms with E-state index in [-0.39, 0.29) is 11.8 Å². The van der Waals surface area contributed by atoms with Crippen LogP contribution in [0.1, 0.15) is 30.9 Å². The van der Waals surface area contributed by atoms with Crippen LogP contribution in [0.4, 0.5) is 5.69 Å². The maximum atomic E-state index is 13.5. The Labute approximate surface area is 191 Å². The van der Waals surface area contributed by atoms with E-state index in [4.69, 9.17) is 11.6 Å². The van der Waals surface area contributed by atoms with Gasteiger partial charge in [0, 0.05) is 9.92 Å². The minimum absolute atomic E-state index is 0.301. The summed E-state index contributed by atoms with van der Waals surface area (Å²) in [4.78, 5) is 29.5. The summed E-state index contributed by atoms with van der Waals surface area (Å²) >= 11 is 7.36. The summed E-state index contributed by atoms with van der Waals surface area (Å²) in [7, 11) is 0. The van der Waals surface area contributed by atoms with E-state index in [1.54, 1.807) is 24.3 Å². The van der Waals surface area contributed by atoms with Crippen LogP contribution in [0, 0.1) is 0 Å². The second-order valence-corrected chi connectivity index (χ2v) is 8.86. The molecule has 0 aliphatic carbocycles. The summed E-state index contributed by atoms with van der Waals surface area (Å²) in [6.07, 6.45) is 3.22. The number of amides is 2. The van der Waals surface area contributed by atoms with Crippen molar-refractivity contribution in [2.24, 2.45) is 0 Å². The van der Waals surface area contributed by atoms with Crippen LogP contribution in [0.5, 0.6) is 0 Å². The molecular formula is C26H22ClNO2S. The Morgan fingerprint density at radius 3 is 2.16 bits per heavy atom. The summed E-state index contributed by atoms with van der Waals surface area (Å²) in [6, 6.07) is 24.4. The normalized spacial score (nSPS) is 13.9. The SMILES string of the molecule is CCCCc1ccc(N2C(=O)C(Sc3ccccc3)=C(c3ccc(Cl)cc3)C2=O)cc1. The maximum absolute atomic E-state index is 13.5. The van der Waals surface area contributed by atoms with Crippen molar-refractivity contribution in [2.45, 2.75) is 31.1 Å². The van der Waals surface area contributed by atoms with Crippen LogP contribution in [-0.2, 0) is 16.0 Å². The number of carbonyl (C=O) groups is 2. The third-order valence-corrected chi connectivity index (χ3v) is 6.49. The Balaban J connectivity index is 1.72. The number of nitrogens with zero attached hydrogens (tertiary/aromatic N) is 1. The largest absolute Gasteiger partial charge is 0.272 e. The molecule has 0 unspecified atom stereocenters. The molecule has 3 aromatic rings. The molecule has 5 heteroatoms. The molecule has 31 heavy (non-hydrogen) atoms. The Hall–Kier alpha value is -2.82. The van der Waals surface area contributed by atoms with Crippen molar-refractivity contribution in [3.05, 3.63) is 99.9 Å². The molecule has 1 heterocycles. The quantitative estimate of drug-likeness (QED) is 0.375. The van der Waals surface area contributed by atoms with Crippen molar-refractivity contribution in [3.63, 3.8) is 0 Å². The summed E-state index contributed by atoms with van der Waals surface area (Å²) in [5.41, 5.74) is 2.88. The number of anilines is 1. The lowest BCUT2D eigenvalue weighted by atomic mass is 10.1. The zero-order valence-corrected chi connectivity index (χ0v) is 18.7. The molecule has 156 valence electrons. The van der Waals surface area contributed by atoms with E-state index in [0.717, 1.165) is 24.2 Å². The lowest BCUT2D eigenvalue weighted by Gasteiger charge is -2.16. The first kappa shape index (κ1) is 21.4. The van der Waals surface area contributed by atoms with Crippen molar-refractivity contribution >= 4 is 46.4 Å². The van der Waals surface area contributed by atoms with Gasteiger partial charge in [-0.1, -0.05) is 79.2 Å². The highest BCUT2D eigenvalue weighted by Crippen LogP contribution is 2.41. The fourth-order valence-corrected chi connectivity index (χ4v) is 4.65. The van der Waals surface area contributed by atoms with Gasteiger partial charge in [0.05, 0.1) is 16.2 Å². The van der Waals surface area contributed by atoms with Crippen molar-refractivity contribution in [2.75, 3.05) is 4.90 Å². The fraction of sp³-hybridized carbons (Fsp3) is 0.154. The molecule has 0 atom stereocenters. The van der Waals surface area contributed by atoms with E-state index >= 15 is 0 Å². The Bertz CT molecular complexity index is 1120. The molecule has 2 amide bonds. The standard InChI is InChI=1S/C26H22ClNO2S/c1-2-3-7-18-10-16-21(17-11-18)28-25(29)23(19-12-14-20(27)15-13-19)24(26(28)30)31-22-8-5-4-6-9-22/h4-6,8-17H,2-3,7H2,1H3. The maximum Gasteiger partial charge on any atom is 0.272 e. The Kier molecular flexibility index (Phi) is 6.59. The Morgan fingerprint density at radius 2 is 1.52 bits per heavy atom. The van der Waals surface area contributed by atoms with Crippen LogP contribution in [0.3, 0.4) is 0 Å². The van der Waals surface area contributed by atoms with Crippen LogP contribution in [0.2, 0.25) is 5.02 Å². The number of aryl methyl sites for hydroxylation is 1. The van der Waals surface area contributed by atoms with Crippen molar-refractivity contribution in [3.8, 4) is 0 Å². The van der Waals surface area contributed by atoms with E-state index in [1.165, 1.54) is 22.2 Å². The van der Waals surface area contributed by atoms with Crippen LogP contribution >= 0.6 is 23.4 Å². The van der Waals surface area contributed by atoms with Crippen molar-refractivity contribution < 1.29 is 9.59 Å². The second kappa shape index (κ2) is 9.54. The first-order valence-corrected chi connectivity index (χ1v) is 11.5. The molecule has 4 rings (SSSR count). The summed E-state index contributed by atoms with van der Waals surface area (Å²) in [6.45, 7) is 2.16. The van der Waals surface area contributed by atoms with Gasteiger partial charge in [0.2, 0.25) is 0 Å². The number of halogens is 1. The molecule has 0 saturated carbocycles. The minimum Gasteiger partial charge on any atom is -0.268 e. The number of hydrogen-bond acceptors (Lipinski definition) is 3. The molecule has 1 aliphatic rings. The van der Waals surface area contributed by atoms with Gasteiger partial charge in [0.15, 0.2) is 0 Å². The van der Waals surface area contributed by atoms with E-state index in [9.17, 15) is 9.59 Å². The molecule has 3 aromatic carbocycles. The topological polar surface area (TPSA) is 37.4 Å². The van der Waals surface area contributed by atoms with Gasteiger partial charge in [-0.25, -0.2) is 4.90 Å². The van der Waals surface area contributed by atoms with Crippen LogP contribution < -0.4 is 4.90 Å². The van der Waals surface area contributed by atoms with E-state index in [2.05, 4.69) is 6.92 Å². The number of imide groups is 1. The van der Waals surface area contributed by atoms with Crippen molar-refractivity contribution in [1.82, 2.24) is 0 Å². The summed E-state index contributed by atoms with van der Waals surface area (Å²) < 4.78 is 0. The number of unbranched alkanes of at least 4 members (excludes halogenated alkanes) is 1. The predicted molar refractivity (Wildman–Crippen MR) is 128 cm³/mol.